The van der Waals surface area contributed by atoms with Crippen LogP contribution in [0.1, 0.15) is 6.42 Å². The van der Waals surface area contributed by atoms with E-state index in [2.05, 4.69) is 15.9 Å². The zero-order valence-electron chi connectivity index (χ0n) is 5.59. The summed E-state index contributed by atoms with van der Waals surface area (Å²) in [6.45, 7) is -0.523. The quantitative estimate of drug-likeness (QED) is 0.626. The largest absolute Gasteiger partial charge is 0.396 e. The maximum atomic E-state index is 10.9. The second-order valence-electron chi connectivity index (χ2n) is 1.97. The molecule has 0 aromatic heterocycles. The molecule has 0 heterocycles. The van der Waals surface area contributed by atoms with Gasteiger partial charge in [0.15, 0.2) is 0 Å². The van der Waals surface area contributed by atoms with Crippen LogP contribution in [-0.2, 0) is 4.79 Å². The molecule has 0 unspecified atom stereocenters. The van der Waals surface area contributed by atoms with E-state index >= 15 is 0 Å². The third-order valence-corrected chi connectivity index (χ3v) is 1.63. The second-order valence-corrected chi connectivity index (χ2v) is 2.76. The van der Waals surface area contributed by atoms with Crippen LogP contribution >= 0.6 is 15.9 Å². The Morgan fingerprint density at radius 1 is 1.40 bits per heavy atom. The van der Waals surface area contributed by atoms with Crippen LogP contribution < -0.4 is 0 Å². The normalized spacial score (nSPS) is 10.4. The molecule has 0 aliphatic carbocycles. The molecule has 0 atom stereocenters. The maximum Gasteiger partial charge on any atom is 0.141 e. The van der Waals surface area contributed by atoms with Crippen molar-refractivity contribution in [3.8, 4) is 0 Å². The van der Waals surface area contributed by atoms with Crippen LogP contribution in [0.25, 0.3) is 0 Å². The summed E-state index contributed by atoms with van der Waals surface area (Å²) in [6.07, 6.45) is 0.367. The number of ketones is 1. The molecule has 0 saturated heterocycles. The van der Waals surface area contributed by atoms with E-state index in [1.165, 1.54) is 0 Å². The van der Waals surface area contributed by atoms with E-state index in [0.29, 0.717) is 11.8 Å². The topological polar surface area (TPSA) is 57.5 Å². The van der Waals surface area contributed by atoms with Gasteiger partial charge in [-0.3, -0.25) is 4.79 Å². The fourth-order valence-corrected chi connectivity index (χ4v) is 0.949. The molecule has 0 amide bonds. The average Bonchev–Trinajstić information content (AvgIpc) is 1.91. The van der Waals surface area contributed by atoms with E-state index < -0.39 is 5.92 Å². The second kappa shape index (κ2) is 5.82. The Bertz CT molecular complexity index is 101. The molecule has 0 aliphatic heterocycles. The minimum absolute atomic E-state index is 0.0955. The average molecular weight is 211 g/mol. The number of aliphatic hydroxyl groups is 2. The zero-order chi connectivity index (χ0) is 7.98. The SMILES string of the molecule is O=C(CCBr)C(CO)CO. The van der Waals surface area contributed by atoms with Gasteiger partial charge in [0.1, 0.15) is 5.78 Å². The predicted molar refractivity (Wildman–Crippen MR) is 41.1 cm³/mol. The van der Waals surface area contributed by atoms with Crippen molar-refractivity contribution in [3.05, 3.63) is 0 Å². The molecule has 60 valence electrons. The van der Waals surface area contributed by atoms with Gasteiger partial charge in [0.2, 0.25) is 0 Å². The van der Waals surface area contributed by atoms with Gasteiger partial charge in [-0.2, -0.15) is 0 Å². The zero-order valence-corrected chi connectivity index (χ0v) is 7.17. The minimum Gasteiger partial charge on any atom is -0.396 e. The Morgan fingerprint density at radius 3 is 2.20 bits per heavy atom. The van der Waals surface area contributed by atoms with Crippen molar-refractivity contribution in [1.29, 1.82) is 0 Å². The summed E-state index contributed by atoms with van der Waals surface area (Å²) in [5, 5.41) is 17.6. The molecule has 0 aromatic rings. The highest BCUT2D eigenvalue weighted by atomic mass is 79.9. The molecule has 0 radical (unpaired) electrons. The monoisotopic (exact) mass is 210 g/mol. The van der Waals surface area contributed by atoms with Gasteiger partial charge in [-0.15, -0.1) is 0 Å². The lowest BCUT2D eigenvalue weighted by Crippen LogP contribution is -2.22. The Kier molecular flexibility index (Phi) is 5.87. The number of halogens is 1. The summed E-state index contributed by atoms with van der Waals surface area (Å²) in [6, 6.07) is 0. The Morgan fingerprint density at radius 2 is 1.90 bits per heavy atom. The van der Waals surface area contributed by atoms with Crippen LogP contribution in [0.3, 0.4) is 0 Å². The lowest BCUT2D eigenvalue weighted by molar-refractivity contribution is -0.124. The summed E-state index contributed by atoms with van der Waals surface area (Å²) in [7, 11) is 0. The first-order chi connectivity index (χ1) is 4.76. The van der Waals surface area contributed by atoms with E-state index in [4.69, 9.17) is 10.2 Å². The first kappa shape index (κ1) is 10.1. The third-order valence-electron chi connectivity index (χ3n) is 1.24. The van der Waals surface area contributed by atoms with Crippen LogP contribution in [-0.4, -0.2) is 34.5 Å². The molecule has 0 saturated carbocycles. The van der Waals surface area contributed by atoms with Crippen molar-refractivity contribution in [2.24, 2.45) is 5.92 Å². The number of carbonyl (C=O) groups is 1. The molecule has 0 aliphatic rings. The molecule has 4 heteroatoms. The van der Waals surface area contributed by atoms with Crippen molar-refractivity contribution in [3.63, 3.8) is 0 Å². The Labute approximate surface area is 68.2 Å². The van der Waals surface area contributed by atoms with Gasteiger partial charge in [0.05, 0.1) is 19.1 Å². The molecule has 10 heavy (non-hydrogen) atoms. The smallest absolute Gasteiger partial charge is 0.141 e. The molecule has 0 fully saturated rings. The standard InChI is InChI=1S/C6H11BrO3/c7-2-1-6(10)5(3-8)4-9/h5,8-9H,1-4H2. The number of hydrogen-bond donors (Lipinski definition) is 2. The van der Waals surface area contributed by atoms with E-state index in [1.54, 1.807) is 0 Å². The highest BCUT2D eigenvalue weighted by molar-refractivity contribution is 9.09. The highest BCUT2D eigenvalue weighted by Gasteiger charge is 2.14. The summed E-state index contributed by atoms with van der Waals surface area (Å²) in [4.78, 5) is 10.9. The molecular weight excluding hydrogens is 200 g/mol. The van der Waals surface area contributed by atoms with E-state index in [-0.39, 0.29) is 19.0 Å². The van der Waals surface area contributed by atoms with Gasteiger partial charge >= 0.3 is 0 Å². The lowest BCUT2D eigenvalue weighted by Gasteiger charge is -2.06. The van der Waals surface area contributed by atoms with E-state index in [1.807, 2.05) is 0 Å². The van der Waals surface area contributed by atoms with Crippen LogP contribution in [0.4, 0.5) is 0 Å². The molecule has 2 N–H and O–H groups in total. The van der Waals surface area contributed by atoms with Gasteiger partial charge in [-0.25, -0.2) is 0 Å². The molecule has 0 rings (SSSR count). The molecular formula is C6H11BrO3. The number of carbonyl (C=O) groups excluding carboxylic acids is 1. The summed E-state index contributed by atoms with van der Waals surface area (Å²) >= 11 is 3.09. The van der Waals surface area contributed by atoms with E-state index in [9.17, 15) is 4.79 Å². The number of alkyl halides is 1. The van der Waals surface area contributed by atoms with Crippen molar-refractivity contribution in [2.45, 2.75) is 6.42 Å². The summed E-state index contributed by atoms with van der Waals surface area (Å²) in [5.74, 6) is -0.681. The summed E-state index contributed by atoms with van der Waals surface area (Å²) in [5.41, 5.74) is 0. The van der Waals surface area contributed by atoms with Crippen molar-refractivity contribution < 1.29 is 15.0 Å². The van der Waals surface area contributed by atoms with E-state index in [0.717, 1.165) is 0 Å². The first-order valence-corrected chi connectivity index (χ1v) is 4.18. The first-order valence-electron chi connectivity index (χ1n) is 3.06. The van der Waals surface area contributed by atoms with Gasteiger partial charge in [0, 0.05) is 11.8 Å². The van der Waals surface area contributed by atoms with Gasteiger partial charge in [-0.1, -0.05) is 15.9 Å². The van der Waals surface area contributed by atoms with Gasteiger partial charge in [0.25, 0.3) is 0 Å². The van der Waals surface area contributed by atoms with Crippen LogP contribution in [0.2, 0.25) is 0 Å². The van der Waals surface area contributed by atoms with Crippen molar-refractivity contribution in [2.75, 3.05) is 18.5 Å². The predicted octanol–water partition coefficient (Wildman–Crippen LogP) is -0.0587. The number of Topliss-reactive ketones (excluding diaryl/α,β-unsaturated/α-hetero) is 1. The molecule has 0 bridgehead atoms. The molecule has 0 aromatic carbocycles. The van der Waals surface area contributed by atoms with Gasteiger partial charge < -0.3 is 10.2 Å². The Balaban J connectivity index is 3.65. The minimum atomic E-state index is -0.586. The number of rotatable bonds is 5. The highest BCUT2D eigenvalue weighted by Crippen LogP contribution is 2.01. The summed E-state index contributed by atoms with van der Waals surface area (Å²) < 4.78 is 0. The fraction of sp³-hybridized carbons (Fsp3) is 0.833. The molecule has 0 spiro atoms. The number of aliphatic hydroxyl groups excluding tert-OH is 2. The fourth-order valence-electron chi connectivity index (χ4n) is 0.559. The maximum absolute atomic E-state index is 10.9. The molecule has 3 nitrogen and oxygen atoms in total. The van der Waals surface area contributed by atoms with Crippen molar-refractivity contribution in [1.82, 2.24) is 0 Å². The third kappa shape index (κ3) is 3.29. The van der Waals surface area contributed by atoms with Crippen LogP contribution in [0, 0.1) is 5.92 Å². The van der Waals surface area contributed by atoms with Crippen molar-refractivity contribution >= 4 is 21.7 Å². The lowest BCUT2D eigenvalue weighted by atomic mass is 10.1. The van der Waals surface area contributed by atoms with Crippen LogP contribution in [0.5, 0.6) is 0 Å². The number of hydrogen-bond acceptors (Lipinski definition) is 3. The Hall–Kier alpha value is 0.0700. The van der Waals surface area contributed by atoms with Crippen LogP contribution in [0.15, 0.2) is 0 Å². The van der Waals surface area contributed by atoms with Gasteiger partial charge in [-0.05, 0) is 0 Å².